The SMILES string of the molecule is Cc1ccc(/C=C/S(=O)(=O)N2CCc3ccccc3C2)cc1. The maximum atomic E-state index is 12.5. The number of hydrogen-bond acceptors (Lipinski definition) is 2. The average molecular weight is 313 g/mol. The first-order valence-electron chi connectivity index (χ1n) is 7.36. The molecular formula is C18H19NO2S. The van der Waals surface area contributed by atoms with E-state index in [0.29, 0.717) is 13.1 Å². The minimum absolute atomic E-state index is 0.455. The van der Waals surface area contributed by atoms with Crippen LogP contribution in [0.3, 0.4) is 0 Å². The number of rotatable bonds is 3. The van der Waals surface area contributed by atoms with Crippen LogP contribution in [0.4, 0.5) is 0 Å². The fraction of sp³-hybridized carbons (Fsp3) is 0.222. The van der Waals surface area contributed by atoms with Crippen molar-refractivity contribution in [3.8, 4) is 0 Å². The van der Waals surface area contributed by atoms with Crippen molar-refractivity contribution >= 4 is 16.1 Å². The zero-order valence-corrected chi connectivity index (χ0v) is 13.4. The second kappa shape index (κ2) is 6.07. The lowest BCUT2D eigenvalue weighted by Gasteiger charge is -2.26. The smallest absolute Gasteiger partial charge is 0.207 e. The van der Waals surface area contributed by atoms with Crippen molar-refractivity contribution in [2.75, 3.05) is 6.54 Å². The van der Waals surface area contributed by atoms with Gasteiger partial charge in [-0.15, -0.1) is 0 Å². The van der Waals surface area contributed by atoms with Crippen LogP contribution >= 0.6 is 0 Å². The molecule has 0 radical (unpaired) electrons. The van der Waals surface area contributed by atoms with Crippen molar-refractivity contribution < 1.29 is 8.42 Å². The molecule has 0 spiro atoms. The van der Waals surface area contributed by atoms with Crippen LogP contribution in [0.2, 0.25) is 0 Å². The zero-order chi connectivity index (χ0) is 15.6. The van der Waals surface area contributed by atoms with Crippen molar-refractivity contribution in [1.82, 2.24) is 4.31 Å². The molecule has 0 atom stereocenters. The van der Waals surface area contributed by atoms with Crippen LogP contribution < -0.4 is 0 Å². The molecule has 0 bridgehead atoms. The molecule has 4 heteroatoms. The average Bonchev–Trinajstić information content (AvgIpc) is 2.54. The van der Waals surface area contributed by atoms with Crippen LogP contribution in [0.25, 0.3) is 6.08 Å². The summed E-state index contributed by atoms with van der Waals surface area (Å²) in [5.41, 5.74) is 4.40. The van der Waals surface area contributed by atoms with E-state index in [0.717, 1.165) is 23.1 Å². The second-order valence-electron chi connectivity index (χ2n) is 5.61. The highest BCUT2D eigenvalue weighted by molar-refractivity contribution is 7.92. The predicted octanol–water partition coefficient (Wildman–Crippen LogP) is 3.35. The second-order valence-corrected chi connectivity index (χ2v) is 7.43. The highest BCUT2D eigenvalue weighted by atomic mass is 32.2. The van der Waals surface area contributed by atoms with Gasteiger partial charge in [-0.1, -0.05) is 54.1 Å². The van der Waals surface area contributed by atoms with Gasteiger partial charge in [-0.3, -0.25) is 0 Å². The molecule has 0 amide bonds. The van der Waals surface area contributed by atoms with Gasteiger partial charge in [0.1, 0.15) is 0 Å². The number of benzene rings is 2. The van der Waals surface area contributed by atoms with Crippen LogP contribution in [0.1, 0.15) is 22.3 Å². The van der Waals surface area contributed by atoms with E-state index in [2.05, 4.69) is 6.07 Å². The Morgan fingerprint density at radius 2 is 1.68 bits per heavy atom. The first-order chi connectivity index (χ1) is 10.5. The molecule has 22 heavy (non-hydrogen) atoms. The fourth-order valence-corrected chi connectivity index (χ4v) is 3.78. The molecule has 3 rings (SSSR count). The fourth-order valence-electron chi connectivity index (χ4n) is 2.62. The van der Waals surface area contributed by atoms with Crippen LogP contribution in [0, 0.1) is 6.92 Å². The summed E-state index contributed by atoms with van der Waals surface area (Å²) < 4.78 is 26.5. The lowest BCUT2D eigenvalue weighted by Crippen LogP contribution is -2.34. The van der Waals surface area contributed by atoms with Gasteiger partial charge in [-0.05, 0) is 36.1 Å². The molecule has 2 aromatic carbocycles. The van der Waals surface area contributed by atoms with Crippen molar-refractivity contribution in [2.45, 2.75) is 19.9 Å². The first-order valence-corrected chi connectivity index (χ1v) is 8.87. The molecule has 1 aliphatic heterocycles. The summed E-state index contributed by atoms with van der Waals surface area (Å²) >= 11 is 0. The minimum Gasteiger partial charge on any atom is -0.207 e. The summed E-state index contributed by atoms with van der Waals surface area (Å²) in [4.78, 5) is 0. The maximum Gasteiger partial charge on any atom is 0.236 e. The Morgan fingerprint density at radius 1 is 1.00 bits per heavy atom. The largest absolute Gasteiger partial charge is 0.236 e. The van der Waals surface area contributed by atoms with Gasteiger partial charge in [0.25, 0.3) is 0 Å². The molecule has 0 saturated heterocycles. The van der Waals surface area contributed by atoms with Crippen LogP contribution in [0.15, 0.2) is 53.9 Å². The van der Waals surface area contributed by atoms with Crippen molar-refractivity contribution in [2.24, 2.45) is 0 Å². The van der Waals surface area contributed by atoms with Gasteiger partial charge in [0.15, 0.2) is 0 Å². The quantitative estimate of drug-likeness (QED) is 0.871. The summed E-state index contributed by atoms with van der Waals surface area (Å²) in [5, 5.41) is 1.31. The van der Waals surface area contributed by atoms with Crippen molar-refractivity contribution in [3.05, 3.63) is 76.2 Å². The number of hydrogen-bond donors (Lipinski definition) is 0. The summed E-state index contributed by atoms with van der Waals surface area (Å²) in [6, 6.07) is 15.8. The molecular weight excluding hydrogens is 294 g/mol. The van der Waals surface area contributed by atoms with Crippen molar-refractivity contribution in [1.29, 1.82) is 0 Å². The Kier molecular flexibility index (Phi) is 4.14. The Hall–Kier alpha value is -1.91. The Bertz CT molecular complexity index is 792. The summed E-state index contributed by atoms with van der Waals surface area (Å²) in [7, 11) is -3.38. The van der Waals surface area contributed by atoms with Gasteiger partial charge in [-0.25, -0.2) is 8.42 Å². The van der Waals surface area contributed by atoms with Gasteiger partial charge >= 0.3 is 0 Å². The number of fused-ring (bicyclic) bond motifs is 1. The highest BCUT2D eigenvalue weighted by Crippen LogP contribution is 2.21. The van der Waals surface area contributed by atoms with Crippen LogP contribution in [-0.4, -0.2) is 19.3 Å². The van der Waals surface area contributed by atoms with E-state index in [-0.39, 0.29) is 0 Å². The van der Waals surface area contributed by atoms with Crippen LogP contribution in [-0.2, 0) is 23.0 Å². The van der Waals surface area contributed by atoms with Crippen LogP contribution in [0.5, 0.6) is 0 Å². The van der Waals surface area contributed by atoms with E-state index in [1.807, 2.05) is 49.4 Å². The number of nitrogens with zero attached hydrogens (tertiary/aromatic N) is 1. The topological polar surface area (TPSA) is 37.4 Å². The Morgan fingerprint density at radius 3 is 2.41 bits per heavy atom. The summed E-state index contributed by atoms with van der Waals surface area (Å²) in [6.45, 7) is 3.00. The summed E-state index contributed by atoms with van der Waals surface area (Å²) in [5.74, 6) is 0. The molecule has 0 N–H and O–H groups in total. The first kappa shape index (κ1) is 15.0. The molecule has 1 heterocycles. The normalized spacial score (nSPS) is 15.9. The number of sulfonamides is 1. The van der Waals surface area contributed by atoms with Gasteiger partial charge in [-0.2, -0.15) is 4.31 Å². The zero-order valence-electron chi connectivity index (χ0n) is 12.6. The molecule has 0 aromatic heterocycles. The maximum absolute atomic E-state index is 12.5. The van der Waals surface area contributed by atoms with E-state index in [1.165, 1.54) is 11.0 Å². The molecule has 0 fully saturated rings. The lowest BCUT2D eigenvalue weighted by molar-refractivity contribution is 0.397. The van der Waals surface area contributed by atoms with Gasteiger partial charge in [0, 0.05) is 18.5 Å². The molecule has 0 unspecified atom stereocenters. The molecule has 1 aliphatic rings. The Labute approximate surface area is 132 Å². The minimum atomic E-state index is -3.38. The molecule has 0 aliphatic carbocycles. The van der Waals surface area contributed by atoms with Gasteiger partial charge in [0.2, 0.25) is 10.0 Å². The lowest BCUT2D eigenvalue weighted by atomic mass is 10.0. The number of aryl methyl sites for hydroxylation is 1. The predicted molar refractivity (Wildman–Crippen MR) is 89.7 cm³/mol. The van der Waals surface area contributed by atoms with E-state index in [4.69, 9.17) is 0 Å². The monoisotopic (exact) mass is 313 g/mol. The third-order valence-electron chi connectivity index (χ3n) is 3.97. The molecule has 114 valence electrons. The van der Waals surface area contributed by atoms with E-state index in [9.17, 15) is 8.42 Å². The van der Waals surface area contributed by atoms with Gasteiger partial charge in [0.05, 0.1) is 0 Å². The molecule has 2 aromatic rings. The molecule has 3 nitrogen and oxygen atoms in total. The van der Waals surface area contributed by atoms with Gasteiger partial charge < -0.3 is 0 Å². The Balaban J connectivity index is 1.78. The van der Waals surface area contributed by atoms with Crippen molar-refractivity contribution in [3.63, 3.8) is 0 Å². The summed E-state index contributed by atoms with van der Waals surface area (Å²) in [6.07, 6.45) is 2.43. The standard InChI is InChI=1S/C18H19NO2S/c1-15-6-8-16(9-7-15)11-13-22(20,21)19-12-10-17-4-2-3-5-18(17)14-19/h2-9,11,13H,10,12,14H2,1H3/b13-11+. The van der Waals surface area contributed by atoms with E-state index >= 15 is 0 Å². The highest BCUT2D eigenvalue weighted by Gasteiger charge is 2.24. The van der Waals surface area contributed by atoms with E-state index < -0.39 is 10.0 Å². The third-order valence-corrected chi connectivity index (χ3v) is 5.48. The third kappa shape index (κ3) is 3.29. The van der Waals surface area contributed by atoms with E-state index in [1.54, 1.807) is 10.4 Å². The molecule has 0 saturated carbocycles.